The van der Waals surface area contributed by atoms with Crippen molar-refractivity contribution in [3.63, 3.8) is 0 Å². The Labute approximate surface area is 93.0 Å². The molecule has 84 valence electrons. The fourth-order valence-corrected chi connectivity index (χ4v) is 1.76. The van der Waals surface area contributed by atoms with E-state index in [-0.39, 0.29) is 16.5 Å². The molecule has 0 aliphatic heterocycles. The molecular formula is C10H5ClF3NO. The van der Waals surface area contributed by atoms with Crippen LogP contribution in [-0.4, -0.2) is 11.3 Å². The molecule has 0 unspecified atom stereocenters. The number of alkyl halides is 3. The minimum absolute atomic E-state index is 0.193. The summed E-state index contributed by atoms with van der Waals surface area (Å²) < 4.78 is 37.5. The molecule has 6 heteroatoms. The number of hydrogen-bond acceptors (Lipinski definition) is 1. The second-order valence-electron chi connectivity index (χ2n) is 3.23. The van der Waals surface area contributed by atoms with Gasteiger partial charge < -0.3 is 4.98 Å². The van der Waals surface area contributed by atoms with Crippen molar-refractivity contribution in [1.29, 1.82) is 0 Å². The Morgan fingerprint density at radius 1 is 1.31 bits per heavy atom. The molecule has 0 radical (unpaired) electrons. The van der Waals surface area contributed by atoms with Crippen molar-refractivity contribution in [2.75, 3.05) is 0 Å². The first kappa shape index (κ1) is 11.0. The molecule has 1 heterocycles. The molecule has 0 aliphatic rings. The van der Waals surface area contributed by atoms with Gasteiger partial charge in [0, 0.05) is 16.5 Å². The van der Waals surface area contributed by atoms with Crippen LogP contribution in [0.5, 0.6) is 0 Å². The number of hydrogen-bond donors (Lipinski definition) is 1. The fraction of sp³-hybridized carbons (Fsp3) is 0.100. The maximum atomic E-state index is 12.5. The van der Waals surface area contributed by atoms with E-state index in [1.165, 1.54) is 18.2 Å². The van der Waals surface area contributed by atoms with E-state index < -0.39 is 16.9 Å². The van der Waals surface area contributed by atoms with Crippen molar-refractivity contribution in [1.82, 2.24) is 4.98 Å². The molecule has 1 aromatic carbocycles. The lowest BCUT2D eigenvalue weighted by atomic mass is 10.2. The lowest BCUT2D eigenvalue weighted by molar-refractivity contribution is -0.140. The Bertz CT molecular complexity index is 559. The van der Waals surface area contributed by atoms with Gasteiger partial charge in [0.25, 0.3) is 0 Å². The SMILES string of the molecule is O=Cc1ccc2[nH]c(C(F)(F)F)c(Cl)c2c1. The maximum absolute atomic E-state index is 12.5. The zero-order chi connectivity index (χ0) is 11.9. The molecule has 2 nitrogen and oxygen atoms in total. The number of aromatic nitrogens is 1. The maximum Gasteiger partial charge on any atom is 0.432 e. The number of carbonyl (C=O) groups is 1. The molecule has 1 aromatic heterocycles. The highest BCUT2D eigenvalue weighted by Gasteiger charge is 2.36. The average Bonchev–Trinajstić information content (AvgIpc) is 2.55. The summed E-state index contributed by atoms with van der Waals surface area (Å²) in [5.41, 5.74) is -0.461. The third kappa shape index (κ3) is 1.67. The number of carbonyl (C=O) groups excluding carboxylic acids is 1. The number of halogens is 4. The highest BCUT2D eigenvalue weighted by Crippen LogP contribution is 2.38. The number of rotatable bonds is 1. The van der Waals surface area contributed by atoms with E-state index in [2.05, 4.69) is 4.98 Å². The standard InChI is InChI=1S/C10H5ClF3NO/c11-8-6-3-5(4-16)1-2-7(6)15-9(8)10(12,13)14/h1-4,15H. The normalized spacial score (nSPS) is 12.0. The van der Waals surface area contributed by atoms with Crippen LogP contribution in [0.1, 0.15) is 16.1 Å². The van der Waals surface area contributed by atoms with Crippen LogP contribution in [0.3, 0.4) is 0 Å². The van der Waals surface area contributed by atoms with E-state index in [0.717, 1.165) is 0 Å². The Morgan fingerprint density at radius 2 is 2.00 bits per heavy atom. The van der Waals surface area contributed by atoms with Gasteiger partial charge in [-0.3, -0.25) is 4.79 Å². The van der Waals surface area contributed by atoms with E-state index in [1.54, 1.807) is 0 Å². The topological polar surface area (TPSA) is 32.9 Å². The predicted octanol–water partition coefficient (Wildman–Crippen LogP) is 3.65. The third-order valence-corrected chi connectivity index (χ3v) is 2.57. The van der Waals surface area contributed by atoms with Crippen molar-refractivity contribution in [3.05, 3.63) is 34.5 Å². The Morgan fingerprint density at radius 3 is 2.56 bits per heavy atom. The second-order valence-corrected chi connectivity index (χ2v) is 3.61. The number of benzene rings is 1. The molecule has 2 rings (SSSR count). The molecule has 0 bridgehead atoms. The van der Waals surface area contributed by atoms with E-state index >= 15 is 0 Å². The summed E-state index contributed by atoms with van der Waals surface area (Å²) in [6.45, 7) is 0. The predicted molar refractivity (Wildman–Crippen MR) is 53.7 cm³/mol. The number of aldehydes is 1. The van der Waals surface area contributed by atoms with Gasteiger partial charge in [-0.25, -0.2) is 0 Å². The summed E-state index contributed by atoms with van der Waals surface area (Å²) in [6, 6.07) is 4.12. The van der Waals surface area contributed by atoms with Crippen LogP contribution < -0.4 is 0 Å². The van der Waals surface area contributed by atoms with Crippen LogP contribution in [0.2, 0.25) is 5.02 Å². The third-order valence-electron chi connectivity index (χ3n) is 2.18. The minimum atomic E-state index is -4.53. The van der Waals surface area contributed by atoms with Crippen LogP contribution in [0.25, 0.3) is 10.9 Å². The van der Waals surface area contributed by atoms with Gasteiger partial charge in [-0.2, -0.15) is 13.2 Å². The first-order chi connectivity index (χ1) is 7.43. The smallest absolute Gasteiger partial charge is 0.350 e. The summed E-state index contributed by atoms with van der Waals surface area (Å²) >= 11 is 5.60. The number of H-pyrrole nitrogens is 1. The Kier molecular flexibility index (Phi) is 2.42. The molecule has 0 aliphatic carbocycles. The summed E-state index contributed by atoms with van der Waals surface area (Å²) in [5, 5.41) is -0.218. The van der Waals surface area contributed by atoms with E-state index in [1.807, 2.05) is 0 Å². The van der Waals surface area contributed by atoms with Crippen molar-refractivity contribution < 1.29 is 18.0 Å². The molecule has 0 spiro atoms. The van der Waals surface area contributed by atoms with Crippen LogP contribution in [0, 0.1) is 0 Å². The van der Waals surface area contributed by atoms with Gasteiger partial charge in [-0.1, -0.05) is 11.6 Å². The van der Waals surface area contributed by atoms with Crippen LogP contribution in [-0.2, 0) is 6.18 Å². The van der Waals surface area contributed by atoms with E-state index in [0.29, 0.717) is 6.29 Å². The molecule has 0 saturated heterocycles. The summed E-state index contributed by atoms with van der Waals surface area (Å²) in [5.74, 6) is 0. The quantitative estimate of drug-likeness (QED) is 0.767. The molecule has 16 heavy (non-hydrogen) atoms. The number of fused-ring (bicyclic) bond motifs is 1. The molecule has 0 fully saturated rings. The summed E-state index contributed by atoms with van der Waals surface area (Å²) in [7, 11) is 0. The van der Waals surface area contributed by atoms with Gasteiger partial charge >= 0.3 is 6.18 Å². The van der Waals surface area contributed by atoms with Gasteiger partial charge in [0.15, 0.2) is 0 Å². The van der Waals surface area contributed by atoms with E-state index in [9.17, 15) is 18.0 Å². The van der Waals surface area contributed by atoms with Gasteiger partial charge in [-0.15, -0.1) is 0 Å². The van der Waals surface area contributed by atoms with E-state index in [4.69, 9.17) is 11.6 Å². The highest BCUT2D eigenvalue weighted by atomic mass is 35.5. The summed E-state index contributed by atoms with van der Waals surface area (Å²) in [4.78, 5) is 12.7. The Balaban J connectivity index is 2.73. The zero-order valence-corrected chi connectivity index (χ0v) is 8.49. The van der Waals surface area contributed by atoms with Crippen molar-refractivity contribution in [3.8, 4) is 0 Å². The number of aromatic amines is 1. The highest BCUT2D eigenvalue weighted by molar-refractivity contribution is 6.36. The van der Waals surface area contributed by atoms with Gasteiger partial charge in [0.2, 0.25) is 0 Å². The zero-order valence-electron chi connectivity index (χ0n) is 7.73. The first-order valence-corrected chi connectivity index (χ1v) is 4.65. The molecule has 1 N–H and O–H groups in total. The minimum Gasteiger partial charge on any atom is -0.350 e. The van der Waals surface area contributed by atoms with Gasteiger partial charge in [0.1, 0.15) is 12.0 Å². The molecule has 0 atom stereocenters. The number of nitrogens with one attached hydrogen (secondary N) is 1. The fourth-order valence-electron chi connectivity index (χ4n) is 1.45. The molecule has 0 saturated carbocycles. The van der Waals surface area contributed by atoms with Crippen molar-refractivity contribution in [2.45, 2.75) is 6.18 Å². The lowest BCUT2D eigenvalue weighted by Crippen LogP contribution is -2.05. The first-order valence-electron chi connectivity index (χ1n) is 4.27. The second kappa shape index (κ2) is 3.52. The molecule has 2 aromatic rings. The monoisotopic (exact) mass is 247 g/mol. The van der Waals surface area contributed by atoms with Crippen molar-refractivity contribution >= 4 is 28.8 Å². The Hall–Kier alpha value is -1.49. The summed E-state index contributed by atoms with van der Waals surface area (Å²) in [6.07, 6.45) is -3.98. The average molecular weight is 248 g/mol. The van der Waals surface area contributed by atoms with Crippen molar-refractivity contribution in [2.24, 2.45) is 0 Å². The van der Waals surface area contributed by atoms with Crippen LogP contribution >= 0.6 is 11.6 Å². The van der Waals surface area contributed by atoms with Gasteiger partial charge in [0.05, 0.1) is 5.02 Å². The van der Waals surface area contributed by atoms with Crippen LogP contribution in [0.15, 0.2) is 18.2 Å². The molecule has 0 amide bonds. The molecular weight excluding hydrogens is 243 g/mol. The van der Waals surface area contributed by atoms with Crippen LogP contribution in [0.4, 0.5) is 13.2 Å². The lowest BCUT2D eigenvalue weighted by Gasteiger charge is -2.02. The largest absolute Gasteiger partial charge is 0.432 e. The van der Waals surface area contributed by atoms with Gasteiger partial charge in [-0.05, 0) is 18.2 Å².